The summed E-state index contributed by atoms with van der Waals surface area (Å²) in [6, 6.07) is 24.9. The number of anilines is 1. The molecule has 1 fully saturated rings. The average Bonchev–Trinajstić information content (AvgIpc) is 3.50. The van der Waals surface area contributed by atoms with Crippen molar-refractivity contribution in [3.05, 3.63) is 107 Å². The highest BCUT2D eigenvalue weighted by Crippen LogP contribution is 2.44. The Bertz CT molecular complexity index is 1420. The largest absolute Gasteiger partial charge is 0.507 e. The molecular weight excluding hydrogens is 494 g/mol. The third-order valence-corrected chi connectivity index (χ3v) is 7.86. The normalized spacial score (nSPS) is 16.9. The number of thioether (sulfide) groups is 1. The molecule has 1 atom stereocenters. The summed E-state index contributed by atoms with van der Waals surface area (Å²) in [5, 5.41) is 20.0. The summed E-state index contributed by atoms with van der Waals surface area (Å²) in [5.74, 6) is -0.467. The third-order valence-electron chi connectivity index (χ3n) is 5.73. The number of nitrogens with zero attached hydrogens (tertiary/aromatic N) is 3. The maximum Gasteiger partial charge on any atom is 0.301 e. The highest BCUT2D eigenvalue weighted by atomic mass is 32.2. The van der Waals surface area contributed by atoms with E-state index in [4.69, 9.17) is 4.74 Å². The van der Waals surface area contributed by atoms with Crippen molar-refractivity contribution in [1.29, 1.82) is 0 Å². The lowest BCUT2D eigenvalue weighted by molar-refractivity contribution is -0.132. The second-order valence-electron chi connectivity index (χ2n) is 7.93. The molecule has 5 rings (SSSR count). The minimum atomic E-state index is -0.840. The van der Waals surface area contributed by atoms with Gasteiger partial charge < -0.3 is 9.84 Å². The van der Waals surface area contributed by atoms with Gasteiger partial charge in [0.25, 0.3) is 5.78 Å². The van der Waals surface area contributed by atoms with Gasteiger partial charge in [0.2, 0.25) is 5.13 Å². The Balaban J connectivity index is 1.53. The number of methoxy groups -OCH3 is 1. The Kier molecular flexibility index (Phi) is 6.84. The van der Waals surface area contributed by atoms with Gasteiger partial charge in [-0.2, -0.15) is 0 Å². The summed E-state index contributed by atoms with van der Waals surface area (Å²) in [6.45, 7) is 0. The molecule has 0 spiro atoms. The van der Waals surface area contributed by atoms with Crippen LogP contribution in [0.15, 0.2) is 94.8 Å². The van der Waals surface area contributed by atoms with Gasteiger partial charge in [0.1, 0.15) is 11.5 Å². The third kappa shape index (κ3) is 4.62. The zero-order valence-electron chi connectivity index (χ0n) is 19.2. The number of benzene rings is 3. The quantitative estimate of drug-likeness (QED) is 0.115. The van der Waals surface area contributed by atoms with Crippen molar-refractivity contribution in [2.24, 2.45) is 0 Å². The van der Waals surface area contributed by atoms with Gasteiger partial charge in [-0.15, -0.1) is 10.2 Å². The monoisotopic (exact) mass is 515 g/mol. The number of hydrogen-bond acceptors (Lipinski definition) is 8. The predicted octanol–water partition coefficient (Wildman–Crippen LogP) is 5.47. The molecule has 1 N–H and O–H groups in total. The van der Waals surface area contributed by atoms with Gasteiger partial charge >= 0.3 is 5.91 Å². The number of ketones is 1. The fraction of sp³-hybridized carbons (Fsp3) is 0.111. The first kappa shape index (κ1) is 23.8. The summed E-state index contributed by atoms with van der Waals surface area (Å²) >= 11 is 2.75. The average molecular weight is 516 g/mol. The minimum Gasteiger partial charge on any atom is -0.507 e. The molecule has 0 radical (unpaired) electrons. The maximum atomic E-state index is 13.3. The van der Waals surface area contributed by atoms with Gasteiger partial charge in [-0.05, 0) is 35.4 Å². The van der Waals surface area contributed by atoms with Crippen molar-refractivity contribution in [2.45, 2.75) is 16.1 Å². The van der Waals surface area contributed by atoms with Gasteiger partial charge in [-0.25, -0.2) is 0 Å². The molecule has 1 aliphatic heterocycles. The number of hydrogen-bond donors (Lipinski definition) is 1. The number of Topliss-reactive ketones (excluding diaryl/α,β-unsaturated/α-hetero) is 1. The molecule has 3 aromatic carbocycles. The minimum absolute atomic E-state index is 0.00468. The van der Waals surface area contributed by atoms with Crippen molar-refractivity contribution in [3.63, 3.8) is 0 Å². The van der Waals surface area contributed by atoms with Crippen LogP contribution in [0, 0.1) is 0 Å². The number of carbonyl (C=O) groups is 2. The predicted molar refractivity (Wildman–Crippen MR) is 140 cm³/mol. The van der Waals surface area contributed by atoms with Gasteiger partial charge in [-0.1, -0.05) is 83.8 Å². The summed E-state index contributed by atoms with van der Waals surface area (Å²) < 4.78 is 5.86. The molecule has 9 heteroatoms. The molecule has 1 aliphatic rings. The molecule has 36 heavy (non-hydrogen) atoms. The first-order valence-electron chi connectivity index (χ1n) is 11.1. The van der Waals surface area contributed by atoms with Crippen LogP contribution in [0.1, 0.15) is 22.7 Å². The first-order valence-corrected chi connectivity index (χ1v) is 12.9. The molecule has 7 nitrogen and oxygen atoms in total. The number of amides is 1. The van der Waals surface area contributed by atoms with Gasteiger partial charge in [0.15, 0.2) is 4.34 Å². The van der Waals surface area contributed by atoms with Crippen molar-refractivity contribution >= 4 is 45.7 Å². The Morgan fingerprint density at radius 2 is 1.64 bits per heavy atom. The van der Waals surface area contributed by atoms with Crippen molar-refractivity contribution < 1.29 is 19.4 Å². The second-order valence-corrected chi connectivity index (χ2v) is 10.1. The van der Waals surface area contributed by atoms with Crippen LogP contribution in [0.25, 0.3) is 5.76 Å². The zero-order valence-corrected chi connectivity index (χ0v) is 20.8. The topological polar surface area (TPSA) is 92.6 Å². The standard InChI is InChI=1S/C27H21N3O4S2/c1-34-20-14-12-19(13-15-20)23(31)21-22(18-10-6-3-7-11-18)30(25(33)24(21)32)26-28-29-27(36-26)35-16-17-8-4-2-5-9-17/h2-15,22,31H,16H2,1H3/b23-21-. The highest BCUT2D eigenvalue weighted by molar-refractivity contribution is 8.00. The molecular formula is C27H21N3O4S2. The summed E-state index contributed by atoms with van der Waals surface area (Å²) in [7, 11) is 1.55. The van der Waals surface area contributed by atoms with Crippen LogP contribution in [0.2, 0.25) is 0 Å². The summed E-state index contributed by atoms with van der Waals surface area (Å²) in [5.41, 5.74) is 2.24. The zero-order chi connectivity index (χ0) is 25.1. The molecule has 2 heterocycles. The second kappa shape index (κ2) is 10.3. The fourth-order valence-corrected chi connectivity index (χ4v) is 5.79. The highest BCUT2D eigenvalue weighted by Gasteiger charge is 2.48. The molecule has 1 amide bonds. The van der Waals surface area contributed by atoms with E-state index in [0.29, 0.717) is 32.1 Å². The lowest BCUT2D eigenvalue weighted by Crippen LogP contribution is -2.29. The molecule has 180 valence electrons. The van der Waals surface area contributed by atoms with Crippen molar-refractivity contribution in [2.75, 3.05) is 12.0 Å². The molecule has 4 aromatic rings. The summed E-state index contributed by atoms with van der Waals surface area (Å²) in [4.78, 5) is 27.8. The molecule has 1 unspecified atom stereocenters. The van der Waals surface area contributed by atoms with Gasteiger partial charge in [-0.3, -0.25) is 14.5 Å². The van der Waals surface area contributed by atoms with Crippen LogP contribution >= 0.6 is 23.1 Å². The van der Waals surface area contributed by atoms with E-state index in [0.717, 1.165) is 5.56 Å². The van der Waals surface area contributed by atoms with E-state index in [1.165, 1.54) is 28.0 Å². The number of aliphatic hydroxyl groups excluding tert-OH is 1. The van der Waals surface area contributed by atoms with Crippen LogP contribution in [-0.4, -0.2) is 34.1 Å². The van der Waals surface area contributed by atoms with Crippen LogP contribution in [0.4, 0.5) is 5.13 Å². The van der Waals surface area contributed by atoms with Crippen LogP contribution in [0.3, 0.4) is 0 Å². The van der Waals surface area contributed by atoms with E-state index in [9.17, 15) is 14.7 Å². The van der Waals surface area contributed by atoms with E-state index in [1.807, 2.05) is 60.7 Å². The van der Waals surface area contributed by atoms with Crippen molar-refractivity contribution in [3.8, 4) is 5.75 Å². The van der Waals surface area contributed by atoms with Crippen molar-refractivity contribution in [1.82, 2.24) is 10.2 Å². The molecule has 1 aromatic heterocycles. The Hall–Kier alpha value is -3.95. The van der Waals surface area contributed by atoms with E-state index in [-0.39, 0.29) is 11.3 Å². The van der Waals surface area contributed by atoms with Gasteiger partial charge in [0.05, 0.1) is 18.7 Å². The Labute approximate surface area is 216 Å². The Morgan fingerprint density at radius 3 is 2.31 bits per heavy atom. The van der Waals surface area contributed by atoms with E-state index >= 15 is 0 Å². The molecule has 0 bridgehead atoms. The lowest BCUT2D eigenvalue weighted by atomic mass is 9.95. The maximum absolute atomic E-state index is 13.3. The van der Waals surface area contributed by atoms with E-state index in [2.05, 4.69) is 10.2 Å². The smallest absolute Gasteiger partial charge is 0.301 e. The lowest BCUT2D eigenvalue weighted by Gasteiger charge is -2.22. The number of aromatic nitrogens is 2. The van der Waals surface area contributed by atoms with Crippen LogP contribution in [0.5, 0.6) is 5.75 Å². The van der Waals surface area contributed by atoms with Crippen LogP contribution < -0.4 is 9.64 Å². The number of aliphatic hydroxyl groups is 1. The molecule has 0 aliphatic carbocycles. The van der Waals surface area contributed by atoms with Gasteiger partial charge in [0, 0.05) is 11.3 Å². The number of rotatable bonds is 7. The van der Waals surface area contributed by atoms with Crippen LogP contribution in [-0.2, 0) is 15.3 Å². The molecule has 1 saturated heterocycles. The number of ether oxygens (including phenoxy) is 1. The van der Waals surface area contributed by atoms with E-state index < -0.39 is 17.7 Å². The fourth-order valence-electron chi connectivity index (χ4n) is 3.96. The first-order chi connectivity index (χ1) is 17.6. The van der Waals surface area contributed by atoms with E-state index in [1.54, 1.807) is 31.4 Å². The SMILES string of the molecule is COc1ccc(/C(O)=C2/C(=O)C(=O)N(c3nnc(SCc4ccccc4)s3)C2c2ccccc2)cc1. The molecule has 0 saturated carbocycles. The summed E-state index contributed by atoms with van der Waals surface area (Å²) in [6.07, 6.45) is 0. The number of carbonyl (C=O) groups excluding carboxylic acids is 2. The Morgan fingerprint density at radius 1 is 0.972 bits per heavy atom.